The van der Waals surface area contributed by atoms with Crippen LogP contribution in [0.1, 0.15) is 23.1 Å². The molecule has 3 rings (SSSR count). The third-order valence-electron chi connectivity index (χ3n) is 3.72. The van der Waals surface area contributed by atoms with Crippen molar-refractivity contribution in [2.45, 2.75) is 29.9 Å². The van der Waals surface area contributed by atoms with E-state index in [0.717, 1.165) is 17.7 Å². The Bertz CT molecular complexity index is 703. The molecule has 0 saturated heterocycles. The molecule has 0 unspecified atom stereocenters. The highest BCUT2D eigenvalue weighted by atomic mass is 32.2. The Hall–Kier alpha value is -1.88. The minimum atomic E-state index is -0.726. The van der Waals surface area contributed by atoms with Crippen LogP contribution in [0.25, 0.3) is 0 Å². The molecule has 0 aliphatic heterocycles. The highest BCUT2D eigenvalue weighted by molar-refractivity contribution is 7.98. The van der Waals surface area contributed by atoms with Crippen molar-refractivity contribution in [3.8, 4) is 0 Å². The second-order valence-corrected chi connectivity index (χ2v) is 6.13. The Morgan fingerprint density at radius 2 is 2.00 bits per heavy atom. The van der Waals surface area contributed by atoms with E-state index in [1.165, 1.54) is 41.4 Å². The third kappa shape index (κ3) is 2.93. The molecule has 5 heteroatoms. The lowest BCUT2D eigenvalue weighted by atomic mass is 10.1. The summed E-state index contributed by atoms with van der Waals surface area (Å²) in [6.45, 7) is 0. The van der Waals surface area contributed by atoms with E-state index in [-0.39, 0.29) is 0 Å². The van der Waals surface area contributed by atoms with Gasteiger partial charge in [-0.05, 0) is 42.5 Å². The Kier molecular flexibility index (Phi) is 3.92. The predicted octanol–water partition coefficient (Wildman–Crippen LogP) is 4.51. The van der Waals surface area contributed by atoms with Gasteiger partial charge in [-0.15, -0.1) is 11.8 Å². The van der Waals surface area contributed by atoms with Crippen LogP contribution >= 0.6 is 11.8 Å². The molecule has 2 aromatic rings. The van der Waals surface area contributed by atoms with E-state index in [1.54, 1.807) is 6.07 Å². The Morgan fingerprint density at radius 1 is 1.19 bits per heavy atom. The van der Waals surface area contributed by atoms with Gasteiger partial charge in [0.15, 0.2) is 0 Å². The monoisotopic (exact) mass is 303 g/mol. The minimum absolute atomic E-state index is 0.370. The van der Waals surface area contributed by atoms with Crippen LogP contribution in [-0.4, -0.2) is 4.92 Å². The molecule has 0 fully saturated rings. The number of aryl methyl sites for hydroxylation is 2. The quantitative estimate of drug-likeness (QED) is 0.474. The summed E-state index contributed by atoms with van der Waals surface area (Å²) in [5.74, 6) is -0.331. The average Bonchev–Trinajstić information content (AvgIpc) is 2.93. The number of rotatable bonds is 4. The number of hydrogen-bond donors (Lipinski definition) is 0. The van der Waals surface area contributed by atoms with Crippen LogP contribution in [0.15, 0.2) is 41.3 Å². The number of thioether (sulfide) groups is 1. The van der Waals surface area contributed by atoms with E-state index in [1.807, 2.05) is 6.07 Å². The van der Waals surface area contributed by atoms with Gasteiger partial charge in [-0.1, -0.05) is 18.2 Å². The molecule has 0 spiro atoms. The molecule has 0 amide bonds. The van der Waals surface area contributed by atoms with Crippen molar-refractivity contribution >= 4 is 17.4 Å². The van der Waals surface area contributed by atoms with Crippen molar-refractivity contribution in [2.24, 2.45) is 0 Å². The zero-order chi connectivity index (χ0) is 14.8. The number of halogens is 1. The van der Waals surface area contributed by atoms with Gasteiger partial charge in [0, 0.05) is 22.3 Å². The second-order valence-electron chi connectivity index (χ2n) is 5.08. The number of hydrogen-bond acceptors (Lipinski definition) is 3. The van der Waals surface area contributed by atoms with Gasteiger partial charge in [-0.2, -0.15) is 4.39 Å². The summed E-state index contributed by atoms with van der Waals surface area (Å²) >= 11 is 1.51. The first-order valence-corrected chi connectivity index (χ1v) is 7.80. The number of nitro benzene ring substituents is 1. The van der Waals surface area contributed by atoms with Gasteiger partial charge in [-0.25, -0.2) is 0 Å². The van der Waals surface area contributed by atoms with E-state index in [9.17, 15) is 14.5 Å². The van der Waals surface area contributed by atoms with Crippen LogP contribution in [0.2, 0.25) is 0 Å². The minimum Gasteiger partial charge on any atom is -0.258 e. The van der Waals surface area contributed by atoms with Gasteiger partial charge < -0.3 is 0 Å². The molecule has 2 aromatic carbocycles. The maximum atomic E-state index is 14.0. The lowest BCUT2D eigenvalue weighted by Gasteiger charge is -2.06. The van der Waals surface area contributed by atoms with Crippen LogP contribution in [0.5, 0.6) is 0 Å². The topological polar surface area (TPSA) is 43.1 Å². The highest BCUT2D eigenvalue weighted by Gasteiger charge is 2.17. The van der Waals surface area contributed by atoms with E-state index < -0.39 is 16.4 Å². The van der Waals surface area contributed by atoms with E-state index in [2.05, 4.69) is 12.1 Å². The van der Waals surface area contributed by atoms with Crippen molar-refractivity contribution < 1.29 is 9.31 Å². The van der Waals surface area contributed by atoms with Gasteiger partial charge in [0.25, 0.3) is 0 Å². The van der Waals surface area contributed by atoms with Crippen molar-refractivity contribution in [1.82, 2.24) is 0 Å². The molecule has 0 heterocycles. The fourth-order valence-electron chi connectivity index (χ4n) is 2.62. The summed E-state index contributed by atoms with van der Waals surface area (Å²) in [7, 11) is 0. The normalized spacial score (nSPS) is 13.2. The number of benzene rings is 2. The van der Waals surface area contributed by atoms with Crippen molar-refractivity contribution in [1.29, 1.82) is 0 Å². The Balaban J connectivity index is 1.76. The van der Waals surface area contributed by atoms with E-state index >= 15 is 0 Å². The molecule has 0 N–H and O–H groups in total. The van der Waals surface area contributed by atoms with Gasteiger partial charge >= 0.3 is 5.69 Å². The summed E-state index contributed by atoms with van der Waals surface area (Å²) in [6.07, 6.45) is 3.44. The first-order valence-electron chi connectivity index (χ1n) is 6.81. The molecule has 0 radical (unpaired) electrons. The van der Waals surface area contributed by atoms with Crippen molar-refractivity contribution in [3.05, 3.63) is 69.0 Å². The molecule has 0 bridgehead atoms. The molecule has 0 saturated carbocycles. The molecule has 3 nitrogen and oxygen atoms in total. The van der Waals surface area contributed by atoms with Crippen molar-refractivity contribution in [3.63, 3.8) is 0 Å². The van der Waals surface area contributed by atoms with Gasteiger partial charge in [0.05, 0.1) is 4.92 Å². The standard InChI is InChI=1S/C16H14FNO2S/c17-16-13(5-2-6-15(16)18(19)20)10-21-14-8-7-11-3-1-4-12(11)9-14/h2,5-9H,1,3-4,10H2. The molecule has 21 heavy (non-hydrogen) atoms. The molecule has 1 aliphatic carbocycles. The number of fused-ring (bicyclic) bond motifs is 1. The summed E-state index contributed by atoms with van der Waals surface area (Å²) in [5.41, 5.74) is 2.69. The predicted molar refractivity (Wildman–Crippen MR) is 81.1 cm³/mol. The average molecular weight is 303 g/mol. The van der Waals surface area contributed by atoms with Crippen LogP contribution < -0.4 is 0 Å². The molecule has 1 aliphatic rings. The van der Waals surface area contributed by atoms with Crippen LogP contribution in [0, 0.1) is 15.9 Å². The summed E-state index contributed by atoms with van der Waals surface area (Å²) in [5, 5.41) is 10.7. The molecular weight excluding hydrogens is 289 g/mol. The Morgan fingerprint density at radius 3 is 2.81 bits per heavy atom. The zero-order valence-corrected chi connectivity index (χ0v) is 12.2. The number of nitrogens with zero attached hydrogens (tertiary/aromatic N) is 1. The van der Waals surface area contributed by atoms with Gasteiger partial charge in [0.1, 0.15) is 0 Å². The number of nitro groups is 1. The molecule has 108 valence electrons. The Labute approximate surface area is 126 Å². The first-order chi connectivity index (χ1) is 10.1. The largest absolute Gasteiger partial charge is 0.305 e. The van der Waals surface area contributed by atoms with E-state index in [4.69, 9.17) is 0 Å². The van der Waals surface area contributed by atoms with Gasteiger partial charge in [-0.3, -0.25) is 10.1 Å². The SMILES string of the molecule is O=[N+]([O-])c1cccc(CSc2ccc3c(c2)CCC3)c1F. The zero-order valence-electron chi connectivity index (χ0n) is 11.3. The fraction of sp³-hybridized carbons (Fsp3) is 0.250. The maximum absolute atomic E-state index is 14.0. The molecule has 0 aromatic heterocycles. The lowest BCUT2D eigenvalue weighted by Crippen LogP contribution is -1.96. The lowest BCUT2D eigenvalue weighted by molar-refractivity contribution is -0.387. The fourth-order valence-corrected chi connectivity index (χ4v) is 3.55. The molecular formula is C16H14FNO2S. The first kappa shape index (κ1) is 14.1. The van der Waals surface area contributed by atoms with E-state index in [0.29, 0.717) is 11.3 Å². The van der Waals surface area contributed by atoms with Crippen molar-refractivity contribution in [2.75, 3.05) is 0 Å². The summed E-state index contributed by atoms with van der Waals surface area (Å²) < 4.78 is 14.0. The summed E-state index contributed by atoms with van der Waals surface area (Å²) in [4.78, 5) is 11.1. The third-order valence-corrected chi connectivity index (χ3v) is 4.76. The second kappa shape index (κ2) is 5.85. The highest BCUT2D eigenvalue weighted by Crippen LogP contribution is 2.31. The smallest absolute Gasteiger partial charge is 0.258 e. The van der Waals surface area contributed by atoms with Crippen LogP contribution in [0.4, 0.5) is 10.1 Å². The molecule has 0 atom stereocenters. The summed E-state index contributed by atoms with van der Waals surface area (Å²) in [6, 6.07) is 10.7. The van der Waals surface area contributed by atoms with Crippen LogP contribution in [0.3, 0.4) is 0 Å². The maximum Gasteiger partial charge on any atom is 0.305 e. The van der Waals surface area contributed by atoms with Crippen LogP contribution in [-0.2, 0) is 18.6 Å². The van der Waals surface area contributed by atoms with Gasteiger partial charge in [0.2, 0.25) is 5.82 Å².